The van der Waals surface area contributed by atoms with E-state index >= 15 is 0 Å². The Kier molecular flexibility index (Phi) is 6.10. The molecule has 28 heavy (non-hydrogen) atoms. The molecule has 0 saturated carbocycles. The molecule has 3 aromatic rings. The van der Waals surface area contributed by atoms with Crippen molar-refractivity contribution < 1.29 is 13.2 Å². The van der Waals surface area contributed by atoms with Gasteiger partial charge in [-0.1, -0.05) is 30.3 Å². The van der Waals surface area contributed by atoms with Crippen LogP contribution in [0.15, 0.2) is 48.5 Å². The molecule has 0 atom stereocenters. The number of likely N-dealkylation sites (N-methyl/N-ethyl adjacent to an activating group) is 1. The SMILES string of the molecule is CN(C)CCNc1cc(-c2ccccc2)nc(Nc2ccc(F)c(F)c2F)n1. The summed E-state index contributed by atoms with van der Waals surface area (Å²) in [5.41, 5.74) is 1.20. The third kappa shape index (κ3) is 4.77. The third-order valence-corrected chi connectivity index (χ3v) is 3.94. The Morgan fingerprint density at radius 1 is 0.929 bits per heavy atom. The number of hydrogen-bond acceptors (Lipinski definition) is 5. The summed E-state index contributed by atoms with van der Waals surface area (Å²) < 4.78 is 40.7. The van der Waals surface area contributed by atoms with Gasteiger partial charge in [0.2, 0.25) is 5.95 Å². The largest absolute Gasteiger partial charge is 0.369 e. The molecule has 0 saturated heterocycles. The minimum atomic E-state index is -1.55. The summed E-state index contributed by atoms with van der Waals surface area (Å²) in [4.78, 5) is 10.7. The molecule has 0 fully saturated rings. The fourth-order valence-corrected chi connectivity index (χ4v) is 2.50. The molecule has 0 unspecified atom stereocenters. The molecule has 1 aromatic heterocycles. The predicted octanol–water partition coefficient (Wildman–Crippen LogP) is 4.28. The van der Waals surface area contributed by atoms with E-state index in [0.717, 1.165) is 24.2 Å². The second-order valence-corrected chi connectivity index (χ2v) is 6.41. The van der Waals surface area contributed by atoms with Gasteiger partial charge in [-0.15, -0.1) is 0 Å². The van der Waals surface area contributed by atoms with Gasteiger partial charge in [0, 0.05) is 24.7 Å². The number of benzene rings is 2. The van der Waals surface area contributed by atoms with Crippen LogP contribution < -0.4 is 10.6 Å². The van der Waals surface area contributed by atoms with Crippen molar-refractivity contribution in [3.8, 4) is 11.3 Å². The maximum atomic E-state index is 14.0. The van der Waals surface area contributed by atoms with E-state index in [9.17, 15) is 13.2 Å². The highest BCUT2D eigenvalue weighted by molar-refractivity contribution is 5.66. The van der Waals surface area contributed by atoms with Crippen LogP contribution in [-0.2, 0) is 0 Å². The highest BCUT2D eigenvalue weighted by atomic mass is 19.2. The Morgan fingerprint density at radius 2 is 1.68 bits per heavy atom. The molecule has 0 amide bonds. The zero-order valence-electron chi connectivity index (χ0n) is 15.5. The number of aromatic nitrogens is 2. The Labute approximate surface area is 161 Å². The summed E-state index contributed by atoms with van der Waals surface area (Å²) in [6, 6.07) is 13.1. The molecule has 5 nitrogen and oxygen atoms in total. The van der Waals surface area contributed by atoms with Gasteiger partial charge in [0.25, 0.3) is 0 Å². The number of halogens is 3. The van der Waals surface area contributed by atoms with E-state index in [-0.39, 0.29) is 11.6 Å². The molecule has 1 heterocycles. The molecule has 0 spiro atoms. The van der Waals surface area contributed by atoms with Gasteiger partial charge in [0.1, 0.15) is 5.82 Å². The van der Waals surface area contributed by atoms with Crippen LogP contribution in [-0.4, -0.2) is 42.1 Å². The van der Waals surface area contributed by atoms with Crippen molar-refractivity contribution in [2.75, 3.05) is 37.8 Å². The molecule has 2 N–H and O–H groups in total. The van der Waals surface area contributed by atoms with Crippen LogP contribution in [0.5, 0.6) is 0 Å². The van der Waals surface area contributed by atoms with Crippen LogP contribution >= 0.6 is 0 Å². The first kappa shape index (κ1) is 19.6. The zero-order chi connectivity index (χ0) is 20.1. The minimum absolute atomic E-state index is 0.0682. The van der Waals surface area contributed by atoms with Crippen molar-refractivity contribution in [2.24, 2.45) is 0 Å². The van der Waals surface area contributed by atoms with Crippen LogP contribution in [0, 0.1) is 17.5 Å². The molecule has 3 rings (SSSR count). The van der Waals surface area contributed by atoms with E-state index in [2.05, 4.69) is 20.6 Å². The standard InChI is InChI=1S/C20H20F3N5/c1-28(2)11-10-24-17-12-16(13-6-4-3-5-7-13)26-20(27-17)25-15-9-8-14(21)18(22)19(15)23/h3-9,12H,10-11H2,1-2H3,(H2,24,25,26,27). The summed E-state index contributed by atoms with van der Waals surface area (Å²) in [6.45, 7) is 1.42. The van der Waals surface area contributed by atoms with Crippen molar-refractivity contribution in [2.45, 2.75) is 0 Å². The van der Waals surface area contributed by atoms with Crippen molar-refractivity contribution in [1.82, 2.24) is 14.9 Å². The van der Waals surface area contributed by atoms with Crippen LogP contribution in [0.2, 0.25) is 0 Å². The average molecular weight is 387 g/mol. The molecule has 0 aliphatic rings. The Hall–Kier alpha value is -3.13. The molecular formula is C20H20F3N5. The zero-order valence-corrected chi connectivity index (χ0v) is 15.5. The Bertz CT molecular complexity index is 948. The molecule has 146 valence electrons. The van der Waals surface area contributed by atoms with E-state index < -0.39 is 17.5 Å². The van der Waals surface area contributed by atoms with Crippen molar-refractivity contribution >= 4 is 17.5 Å². The maximum Gasteiger partial charge on any atom is 0.229 e. The average Bonchev–Trinajstić information content (AvgIpc) is 2.69. The van der Waals surface area contributed by atoms with Crippen molar-refractivity contribution in [3.05, 3.63) is 66.0 Å². The predicted molar refractivity (Wildman–Crippen MR) is 104 cm³/mol. The van der Waals surface area contributed by atoms with Crippen molar-refractivity contribution in [1.29, 1.82) is 0 Å². The second-order valence-electron chi connectivity index (χ2n) is 6.41. The van der Waals surface area contributed by atoms with Gasteiger partial charge in [0.05, 0.1) is 11.4 Å². The number of hydrogen-bond donors (Lipinski definition) is 2. The molecular weight excluding hydrogens is 367 g/mol. The number of nitrogens with one attached hydrogen (secondary N) is 2. The number of anilines is 3. The monoisotopic (exact) mass is 387 g/mol. The second kappa shape index (κ2) is 8.71. The van der Waals surface area contributed by atoms with Crippen LogP contribution in [0.25, 0.3) is 11.3 Å². The van der Waals surface area contributed by atoms with Gasteiger partial charge in [-0.2, -0.15) is 4.98 Å². The van der Waals surface area contributed by atoms with Crippen molar-refractivity contribution in [3.63, 3.8) is 0 Å². The molecule has 0 radical (unpaired) electrons. The fraction of sp³-hybridized carbons (Fsp3) is 0.200. The molecule has 0 aliphatic carbocycles. The van der Waals surface area contributed by atoms with E-state index in [1.54, 1.807) is 6.07 Å². The molecule has 2 aromatic carbocycles. The molecule has 0 bridgehead atoms. The Morgan fingerprint density at radius 3 is 2.39 bits per heavy atom. The lowest BCUT2D eigenvalue weighted by molar-refractivity contribution is 0.425. The highest BCUT2D eigenvalue weighted by Crippen LogP contribution is 2.25. The van der Waals surface area contributed by atoms with Gasteiger partial charge in [0.15, 0.2) is 17.5 Å². The first-order valence-electron chi connectivity index (χ1n) is 8.67. The fourth-order valence-electron chi connectivity index (χ4n) is 2.50. The summed E-state index contributed by atoms with van der Waals surface area (Å²) >= 11 is 0. The Balaban J connectivity index is 1.94. The molecule has 0 aliphatic heterocycles. The maximum absolute atomic E-state index is 14.0. The van der Waals surface area contributed by atoms with Gasteiger partial charge in [-0.05, 0) is 26.2 Å². The van der Waals surface area contributed by atoms with Crippen LogP contribution in [0.4, 0.5) is 30.6 Å². The number of nitrogens with zero attached hydrogens (tertiary/aromatic N) is 3. The third-order valence-electron chi connectivity index (χ3n) is 3.94. The van der Waals surface area contributed by atoms with E-state index in [1.807, 2.05) is 49.3 Å². The lowest BCUT2D eigenvalue weighted by Gasteiger charge is -2.14. The van der Waals surface area contributed by atoms with Gasteiger partial charge in [-0.3, -0.25) is 0 Å². The van der Waals surface area contributed by atoms with Gasteiger partial charge in [-0.25, -0.2) is 18.2 Å². The lowest BCUT2D eigenvalue weighted by Crippen LogP contribution is -2.21. The quantitative estimate of drug-likeness (QED) is 0.593. The van der Waals surface area contributed by atoms with E-state index in [4.69, 9.17) is 0 Å². The van der Waals surface area contributed by atoms with Gasteiger partial charge < -0.3 is 15.5 Å². The summed E-state index contributed by atoms with van der Waals surface area (Å²) in [7, 11) is 3.91. The first-order chi connectivity index (χ1) is 13.4. The minimum Gasteiger partial charge on any atom is -0.369 e. The smallest absolute Gasteiger partial charge is 0.229 e. The summed E-state index contributed by atoms with van der Waals surface area (Å²) in [6.07, 6.45) is 0. The normalized spacial score (nSPS) is 10.9. The number of rotatable bonds is 7. The molecule has 8 heteroatoms. The van der Waals surface area contributed by atoms with E-state index in [0.29, 0.717) is 18.1 Å². The summed E-state index contributed by atoms with van der Waals surface area (Å²) in [5.74, 6) is -3.53. The topological polar surface area (TPSA) is 53.1 Å². The van der Waals surface area contributed by atoms with Gasteiger partial charge >= 0.3 is 0 Å². The highest BCUT2D eigenvalue weighted by Gasteiger charge is 2.15. The van der Waals surface area contributed by atoms with E-state index in [1.165, 1.54) is 0 Å². The summed E-state index contributed by atoms with van der Waals surface area (Å²) in [5, 5.41) is 5.82. The van der Waals surface area contributed by atoms with Crippen LogP contribution in [0.3, 0.4) is 0 Å². The lowest BCUT2D eigenvalue weighted by atomic mass is 10.1. The first-order valence-corrected chi connectivity index (χ1v) is 8.67. The van der Waals surface area contributed by atoms with Crippen LogP contribution in [0.1, 0.15) is 0 Å².